The highest BCUT2D eigenvalue weighted by Gasteiger charge is 2.14. The lowest BCUT2D eigenvalue weighted by Crippen LogP contribution is -2.43. The highest BCUT2D eigenvalue weighted by atomic mass is 32.2. The predicted molar refractivity (Wildman–Crippen MR) is 93.2 cm³/mol. The van der Waals surface area contributed by atoms with Crippen molar-refractivity contribution in [1.82, 2.24) is 10.6 Å². The summed E-state index contributed by atoms with van der Waals surface area (Å²) in [5, 5.41) is 6.46. The van der Waals surface area contributed by atoms with Crippen LogP contribution in [0.4, 0.5) is 0 Å². The Morgan fingerprint density at radius 3 is 2.32 bits per heavy atom. The summed E-state index contributed by atoms with van der Waals surface area (Å²) in [5.74, 6) is 1.35. The first kappa shape index (κ1) is 21.2. The second-order valence-electron chi connectivity index (χ2n) is 5.99. The van der Waals surface area contributed by atoms with E-state index in [0.717, 1.165) is 19.6 Å². The minimum Gasteiger partial charge on any atom is -0.378 e. The van der Waals surface area contributed by atoms with Gasteiger partial charge in [-0.25, -0.2) is 8.42 Å². The van der Waals surface area contributed by atoms with Gasteiger partial charge in [-0.05, 0) is 32.6 Å². The Kier molecular flexibility index (Phi) is 10.4. The maximum absolute atomic E-state index is 11.2. The van der Waals surface area contributed by atoms with Crippen LogP contribution in [0.2, 0.25) is 0 Å². The molecule has 22 heavy (non-hydrogen) atoms. The molecule has 0 aliphatic carbocycles. The molecular weight excluding hydrogens is 302 g/mol. The maximum Gasteiger partial charge on any atom is 0.191 e. The van der Waals surface area contributed by atoms with E-state index in [-0.39, 0.29) is 17.9 Å². The van der Waals surface area contributed by atoms with Gasteiger partial charge >= 0.3 is 0 Å². The van der Waals surface area contributed by atoms with Gasteiger partial charge in [-0.3, -0.25) is 4.99 Å². The number of guanidine groups is 1. The van der Waals surface area contributed by atoms with Gasteiger partial charge in [-0.15, -0.1) is 0 Å². The van der Waals surface area contributed by atoms with Crippen molar-refractivity contribution in [2.24, 2.45) is 10.9 Å². The second-order valence-corrected chi connectivity index (χ2v) is 8.25. The number of nitrogens with zero attached hydrogens (tertiary/aromatic N) is 1. The number of hydrogen-bond donors (Lipinski definition) is 2. The molecule has 0 rings (SSSR count). The van der Waals surface area contributed by atoms with E-state index in [1.807, 2.05) is 13.8 Å². The first-order valence-electron chi connectivity index (χ1n) is 7.96. The van der Waals surface area contributed by atoms with E-state index in [1.165, 1.54) is 6.26 Å². The van der Waals surface area contributed by atoms with E-state index in [2.05, 4.69) is 29.5 Å². The van der Waals surface area contributed by atoms with E-state index in [9.17, 15) is 8.42 Å². The van der Waals surface area contributed by atoms with Crippen LogP contribution in [0.5, 0.6) is 0 Å². The molecule has 0 fully saturated rings. The van der Waals surface area contributed by atoms with Crippen LogP contribution < -0.4 is 10.6 Å². The molecule has 2 atom stereocenters. The first-order chi connectivity index (χ1) is 10.2. The zero-order valence-corrected chi connectivity index (χ0v) is 15.7. The van der Waals surface area contributed by atoms with E-state index in [4.69, 9.17) is 4.74 Å². The van der Waals surface area contributed by atoms with Gasteiger partial charge in [0.15, 0.2) is 5.96 Å². The monoisotopic (exact) mass is 335 g/mol. The molecule has 2 unspecified atom stereocenters. The predicted octanol–water partition coefficient (Wildman–Crippen LogP) is 1.43. The standard InChI is InChI=1S/C15H33N3O3S/c1-7-21-14(12(2)3)8-10-17-15(16-5)18-13(4)9-11-22(6,19)20/h12-14H,7-11H2,1-6H3,(H2,16,17,18). The molecule has 6 nitrogen and oxygen atoms in total. The van der Waals surface area contributed by atoms with Gasteiger partial charge in [-0.2, -0.15) is 0 Å². The Bertz CT molecular complexity index is 422. The van der Waals surface area contributed by atoms with Gasteiger partial charge < -0.3 is 15.4 Å². The molecule has 2 N–H and O–H groups in total. The van der Waals surface area contributed by atoms with Crippen LogP contribution in [0.15, 0.2) is 4.99 Å². The lowest BCUT2D eigenvalue weighted by molar-refractivity contribution is 0.0258. The Balaban J connectivity index is 4.16. The maximum atomic E-state index is 11.2. The van der Waals surface area contributed by atoms with Crippen LogP contribution >= 0.6 is 0 Å². The average Bonchev–Trinajstić information content (AvgIpc) is 2.42. The Labute approximate surface area is 136 Å². The molecule has 0 heterocycles. The molecule has 0 saturated heterocycles. The second kappa shape index (κ2) is 10.8. The van der Waals surface area contributed by atoms with Crippen LogP contribution in [-0.4, -0.2) is 58.7 Å². The lowest BCUT2D eigenvalue weighted by Gasteiger charge is -2.22. The average molecular weight is 336 g/mol. The summed E-state index contributed by atoms with van der Waals surface area (Å²) < 4.78 is 28.1. The molecular formula is C15H33N3O3S. The summed E-state index contributed by atoms with van der Waals surface area (Å²) in [6.45, 7) is 9.75. The van der Waals surface area contributed by atoms with Crippen molar-refractivity contribution in [2.75, 3.05) is 32.2 Å². The van der Waals surface area contributed by atoms with Crippen LogP contribution in [-0.2, 0) is 14.6 Å². The van der Waals surface area contributed by atoms with Crippen LogP contribution in [0.25, 0.3) is 0 Å². The quantitative estimate of drug-likeness (QED) is 0.466. The van der Waals surface area contributed by atoms with Gasteiger partial charge in [0.25, 0.3) is 0 Å². The summed E-state index contributed by atoms with van der Waals surface area (Å²) >= 11 is 0. The minimum absolute atomic E-state index is 0.0497. The largest absolute Gasteiger partial charge is 0.378 e. The summed E-state index contributed by atoms with van der Waals surface area (Å²) in [7, 11) is -1.21. The summed E-state index contributed by atoms with van der Waals surface area (Å²) in [6, 6.07) is 0.0497. The molecule has 0 amide bonds. The van der Waals surface area contributed by atoms with Crippen molar-refractivity contribution in [3.8, 4) is 0 Å². The van der Waals surface area contributed by atoms with Crippen molar-refractivity contribution in [3.05, 3.63) is 0 Å². The third-order valence-electron chi connectivity index (χ3n) is 3.37. The molecule has 0 aromatic heterocycles. The molecule has 0 aromatic carbocycles. The number of ether oxygens (including phenoxy) is 1. The Morgan fingerprint density at radius 1 is 1.23 bits per heavy atom. The molecule has 0 bridgehead atoms. The lowest BCUT2D eigenvalue weighted by atomic mass is 10.0. The highest BCUT2D eigenvalue weighted by molar-refractivity contribution is 7.90. The fraction of sp³-hybridized carbons (Fsp3) is 0.933. The summed E-state index contributed by atoms with van der Waals surface area (Å²) in [4.78, 5) is 4.16. The van der Waals surface area contributed by atoms with Crippen LogP contribution in [0.3, 0.4) is 0 Å². The van der Waals surface area contributed by atoms with Crippen molar-refractivity contribution in [1.29, 1.82) is 0 Å². The molecule has 0 radical (unpaired) electrons. The third-order valence-corrected chi connectivity index (χ3v) is 4.35. The third kappa shape index (κ3) is 10.8. The van der Waals surface area contributed by atoms with Crippen molar-refractivity contribution >= 4 is 15.8 Å². The number of sulfone groups is 1. The Morgan fingerprint density at radius 2 is 1.86 bits per heavy atom. The fourth-order valence-electron chi connectivity index (χ4n) is 2.05. The molecule has 132 valence electrons. The van der Waals surface area contributed by atoms with Gasteiger partial charge in [0.2, 0.25) is 0 Å². The van der Waals surface area contributed by atoms with Crippen molar-refractivity contribution in [3.63, 3.8) is 0 Å². The van der Waals surface area contributed by atoms with Gasteiger partial charge in [-0.1, -0.05) is 13.8 Å². The zero-order chi connectivity index (χ0) is 17.2. The smallest absolute Gasteiger partial charge is 0.191 e. The van der Waals surface area contributed by atoms with E-state index < -0.39 is 9.84 Å². The van der Waals surface area contributed by atoms with Crippen molar-refractivity contribution < 1.29 is 13.2 Å². The molecule has 7 heteroatoms. The molecule has 0 saturated carbocycles. The molecule has 0 spiro atoms. The molecule has 0 aliphatic rings. The number of aliphatic imine (C=N–C) groups is 1. The SMILES string of the molecule is CCOC(CCNC(=NC)NC(C)CCS(C)(=O)=O)C(C)C. The minimum atomic E-state index is -2.92. The summed E-state index contributed by atoms with van der Waals surface area (Å²) in [6.07, 6.45) is 2.96. The fourth-order valence-corrected chi connectivity index (χ4v) is 2.83. The number of nitrogens with one attached hydrogen (secondary N) is 2. The van der Waals surface area contributed by atoms with E-state index in [0.29, 0.717) is 18.3 Å². The van der Waals surface area contributed by atoms with E-state index in [1.54, 1.807) is 7.05 Å². The first-order valence-corrected chi connectivity index (χ1v) is 10.0. The van der Waals surface area contributed by atoms with E-state index >= 15 is 0 Å². The van der Waals surface area contributed by atoms with Gasteiger partial charge in [0.1, 0.15) is 9.84 Å². The number of rotatable bonds is 10. The normalized spacial score (nSPS) is 15.7. The van der Waals surface area contributed by atoms with Crippen LogP contribution in [0, 0.1) is 5.92 Å². The zero-order valence-electron chi connectivity index (χ0n) is 14.8. The highest BCUT2D eigenvalue weighted by Crippen LogP contribution is 2.09. The van der Waals surface area contributed by atoms with Crippen molar-refractivity contribution in [2.45, 2.75) is 52.7 Å². The molecule has 0 aliphatic heterocycles. The van der Waals surface area contributed by atoms with Gasteiger partial charge in [0, 0.05) is 32.5 Å². The summed E-state index contributed by atoms with van der Waals surface area (Å²) in [5.41, 5.74) is 0. The molecule has 0 aromatic rings. The van der Waals surface area contributed by atoms with Gasteiger partial charge in [0.05, 0.1) is 11.9 Å². The number of hydrogen-bond acceptors (Lipinski definition) is 4. The Hall–Kier alpha value is -0.820. The topological polar surface area (TPSA) is 79.8 Å². The van der Waals surface area contributed by atoms with Crippen LogP contribution in [0.1, 0.15) is 40.5 Å².